The summed E-state index contributed by atoms with van der Waals surface area (Å²) in [5.41, 5.74) is 8.61. The average Bonchev–Trinajstić information content (AvgIpc) is 2.87. The number of anilines is 1. The van der Waals surface area contributed by atoms with Crippen LogP contribution in [0.15, 0.2) is 35.7 Å². The van der Waals surface area contributed by atoms with Gasteiger partial charge in [0.2, 0.25) is 0 Å². The third kappa shape index (κ3) is 1.31. The number of hydrogen-bond donors (Lipinski definition) is 1. The molecule has 0 atom stereocenters. The summed E-state index contributed by atoms with van der Waals surface area (Å²) in [6, 6.07) is 9.91. The van der Waals surface area contributed by atoms with Crippen molar-refractivity contribution in [3.05, 3.63) is 35.7 Å². The van der Waals surface area contributed by atoms with Crippen LogP contribution >= 0.6 is 11.3 Å². The Morgan fingerprint density at radius 3 is 2.94 bits per heavy atom. The minimum Gasteiger partial charge on any atom is -0.399 e. The van der Waals surface area contributed by atoms with E-state index in [4.69, 9.17) is 5.73 Å². The van der Waals surface area contributed by atoms with Gasteiger partial charge < -0.3 is 10.3 Å². The van der Waals surface area contributed by atoms with Gasteiger partial charge in [-0.2, -0.15) is 0 Å². The Labute approximate surface area is 97.2 Å². The van der Waals surface area contributed by atoms with E-state index >= 15 is 0 Å². The SMILES string of the molecule is Cn1c(-c2cccs2)nc2ccc(N)cc21. The first kappa shape index (κ1) is 9.42. The molecule has 80 valence electrons. The van der Waals surface area contributed by atoms with Crippen LogP contribution in [0.4, 0.5) is 5.69 Å². The summed E-state index contributed by atoms with van der Waals surface area (Å²) in [5, 5.41) is 2.06. The topological polar surface area (TPSA) is 43.8 Å². The Bertz CT molecular complexity index is 638. The third-order valence-corrected chi connectivity index (χ3v) is 3.51. The molecule has 2 N–H and O–H groups in total. The van der Waals surface area contributed by atoms with Crippen LogP contribution in [-0.2, 0) is 7.05 Å². The molecule has 0 aliphatic carbocycles. The van der Waals surface area contributed by atoms with Crippen molar-refractivity contribution in [3.8, 4) is 10.7 Å². The normalized spacial score (nSPS) is 11.1. The highest BCUT2D eigenvalue weighted by Gasteiger charge is 2.10. The highest BCUT2D eigenvalue weighted by molar-refractivity contribution is 7.13. The third-order valence-electron chi connectivity index (χ3n) is 2.65. The zero-order chi connectivity index (χ0) is 11.1. The molecule has 0 saturated carbocycles. The van der Waals surface area contributed by atoms with Gasteiger partial charge in [-0.1, -0.05) is 6.07 Å². The molecule has 4 heteroatoms. The Hall–Kier alpha value is -1.81. The van der Waals surface area contributed by atoms with E-state index in [1.54, 1.807) is 11.3 Å². The number of rotatable bonds is 1. The van der Waals surface area contributed by atoms with Crippen LogP contribution in [-0.4, -0.2) is 9.55 Å². The number of fused-ring (bicyclic) bond motifs is 1. The highest BCUT2D eigenvalue weighted by atomic mass is 32.1. The number of aryl methyl sites for hydroxylation is 1. The van der Waals surface area contributed by atoms with E-state index in [1.165, 1.54) is 4.88 Å². The molecular weight excluding hydrogens is 218 g/mol. The molecule has 2 heterocycles. The van der Waals surface area contributed by atoms with Crippen LogP contribution in [0.1, 0.15) is 0 Å². The number of imidazole rings is 1. The van der Waals surface area contributed by atoms with Crippen molar-refractivity contribution < 1.29 is 0 Å². The predicted octanol–water partition coefficient (Wildman–Crippen LogP) is 2.88. The van der Waals surface area contributed by atoms with Gasteiger partial charge in [0.05, 0.1) is 15.9 Å². The maximum absolute atomic E-state index is 5.78. The Kier molecular flexibility index (Phi) is 1.97. The molecule has 3 nitrogen and oxygen atoms in total. The van der Waals surface area contributed by atoms with Crippen molar-refractivity contribution in [2.24, 2.45) is 7.05 Å². The Morgan fingerprint density at radius 1 is 1.31 bits per heavy atom. The van der Waals surface area contributed by atoms with Crippen molar-refractivity contribution in [2.75, 3.05) is 5.73 Å². The van der Waals surface area contributed by atoms with E-state index < -0.39 is 0 Å². The zero-order valence-corrected chi connectivity index (χ0v) is 9.66. The van der Waals surface area contributed by atoms with Gasteiger partial charge in [-0.3, -0.25) is 0 Å². The monoisotopic (exact) mass is 229 g/mol. The standard InChI is InChI=1S/C12H11N3S/c1-15-10-7-8(13)4-5-9(10)14-12(15)11-3-2-6-16-11/h2-7H,13H2,1H3. The number of hydrogen-bond acceptors (Lipinski definition) is 3. The lowest BCUT2D eigenvalue weighted by Crippen LogP contribution is -1.91. The van der Waals surface area contributed by atoms with Crippen LogP contribution < -0.4 is 5.73 Å². The van der Waals surface area contributed by atoms with Gasteiger partial charge >= 0.3 is 0 Å². The van der Waals surface area contributed by atoms with Crippen molar-refractivity contribution in [1.29, 1.82) is 0 Å². The first-order valence-corrected chi connectivity index (χ1v) is 5.89. The molecule has 0 amide bonds. The molecule has 1 aromatic carbocycles. The lowest BCUT2D eigenvalue weighted by molar-refractivity contribution is 0.963. The van der Waals surface area contributed by atoms with Gasteiger partial charge in [-0.15, -0.1) is 11.3 Å². The fourth-order valence-corrected chi connectivity index (χ4v) is 2.58. The molecular formula is C12H11N3S. The molecule has 0 radical (unpaired) electrons. The second-order valence-corrected chi connectivity index (χ2v) is 4.67. The summed E-state index contributed by atoms with van der Waals surface area (Å²) in [4.78, 5) is 5.79. The summed E-state index contributed by atoms with van der Waals surface area (Å²) in [7, 11) is 2.02. The fourth-order valence-electron chi connectivity index (χ4n) is 1.83. The molecule has 3 rings (SSSR count). The minimum atomic E-state index is 0.772. The maximum atomic E-state index is 5.78. The molecule has 0 spiro atoms. The Balaban J connectivity index is 2.32. The van der Waals surface area contributed by atoms with Gasteiger partial charge in [0, 0.05) is 12.7 Å². The largest absolute Gasteiger partial charge is 0.399 e. The van der Waals surface area contributed by atoms with E-state index in [2.05, 4.69) is 21.0 Å². The lowest BCUT2D eigenvalue weighted by atomic mass is 10.3. The van der Waals surface area contributed by atoms with Crippen LogP contribution in [0.3, 0.4) is 0 Å². The van der Waals surface area contributed by atoms with Gasteiger partial charge in [-0.05, 0) is 29.6 Å². The van der Waals surface area contributed by atoms with Gasteiger partial charge in [0.15, 0.2) is 5.82 Å². The number of aromatic nitrogens is 2. The molecule has 0 bridgehead atoms. The van der Waals surface area contributed by atoms with E-state index in [-0.39, 0.29) is 0 Å². The summed E-state index contributed by atoms with van der Waals surface area (Å²) in [5.74, 6) is 0.996. The summed E-state index contributed by atoms with van der Waals surface area (Å²) < 4.78 is 2.08. The van der Waals surface area contributed by atoms with Crippen molar-refractivity contribution in [1.82, 2.24) is 9.55 Å². The molecule has 0 saturated heterocycles. The van der Waals surface area contributed by atoms with Crippen LogP contribution in [0, 0.1) is 0 Å². The molecule has 0 aliphatic heterocycles. The Morgan fingerprint density at radius 2 is 2.19 bits per heavy atom. The smallest absolute Gasteiger partial charge is 0.150 e. The number of nitrogen functional groups attached to an aromatic ring is 1. The molecule has 2 aromatic heterocycles. The molecule has 0 unspecified atom stereocenters. The van der Waals surface area contributed by atoms with Crippen molar-refractivity contribution in [3.63, 3.8) is 0 Å². The van der Waals surface area contributed by atoms with E-state index in [0.29, 0.717) is 0 Å². The van der Waals surface area contributed by atoms with E-state index in [9.17, 15) is 0 Å². The first-order valence-electron chi connectivity index (χ1n) is 5.01. The molecule has 0 fully saturated rings. The zero-order valence-electron chi connectivity index (χ0n) is 8.84. The van der Waals surface area contributed by atoms with Gasteiger partial charge in [0.25, 0.3) is 0 Å². The van der Waals surface area contributed by atoms with Crippen LogP contribution in [0.25, 0.3) is 21.7 Å². The summed E-state index contributed by atoms with van der Waals surface area (Å²) in [6.07, 6.45) is 0. The number of benzene rings is 1. The van der Waals surface area contributed by atoms with E-state index in [1.807, 2.05) is 31.3 Å². The van der Waals surface area contributed by atoms with Gasteiger partial charge in [-0.25, -0.2) is 4.98 Å². The van der Waals surface area contributed by atoms with Crippen molar-refractivity contribution in [2.45, 2.75) is 0 Å². The second kappa shape index (κ2) is 3.35. The fraction of sp³-hybridized carbons (Fsp3) is 0.0833. The molecule has 16 heavy (non-hydrogen) atoms. The highest BCUT2D eigenvalue weighted by Crippen LogP contribution is 2.27. The first-order chi connectivity index (χ1) is 7.75. The number of thiophene rings is 1. The van der Waals surface area contributed by atoms with Gasteiger partial charge in [0.1, 0.15) is 0 Å². The average molecular weight is 229 g/mol. The lowest BCUT2D eigenvalue weighted by Gasteiger charge is -1.99. The predicted molar refractivity (Wildman–Crippen MR) is 68.4 cm³/mol. The van der Waals surface area contributed by atoms with Crippen molar-refractivity contribution >= 4 is 28.1 Å². The van der Waals surface area contributed by atoms with E-state index in [0.717, 1.165) is 22.5 Å². The summed E-state index contributed by atoms with van der Waals surface area (Å²) >= 11 is 1.70. The molecule has 0 aliphatic rings. The number of nitrogens with zero attached hydrogens (tertiary/aromatic N) is 2. The number of nitrogens with two attached hydrogens (primary N) is 1. The second-order valence-electron chi connectivity index (χ2n) is 3.72. The summed E-state index contributed by atoms with van der Waals surface area (Å²) in [6.45, 7) is 0. The van der Waals surface area contributed by atoms with Crippen LogP contribution in [0.5, 0.6) is 0 Å². The molecule has 3 aromatic rings. The minimum absolute atomic E-state index is 0.772. The quantitative estimate of drug-likeness (QED) is 0.652. The maximum Gasteiger partial charge on any atom is 0.150 e. The van der Waals surface area contributed by atoms with Crippen LogP contribution in [0.2, 0.25) is 0 Å².